The van der Waals surface area contributed by atoms with Gasteiger partial charge in [-0.15, -0.1) is 0 Å². The number of nitrogen functional groups attached to an aromatic ring is 1. The summed E-state index contributed by atoms with van der Waals surface area (Å²) >= 11 is 0. The van der Waals surface area contributed by atoms with E-state index in [1.807, 2.05) is 53.2 Å². The summed E-state index contributed by atoms with van der Waals surface area (Å²) < 4.78 is 1.99. The molecule has 3 heterocycles. The fourth-order valence-electron chi connectivity index (χ4n) is 3.17. The van der Waals surface area contributed by atoms with E-state index in [1.165, 1.54) is 0 Å². The van der Waals surface area contributed by atoms with E-state index in [4.69, 9.17) is 5.73 Å². The molecule has 6 nitrogen and oxygen atoms in total. The highest BCUT2D eigenvalue weighted by atomic mass is 15.1. The molecular weight excluding hydrogens is 312 g/mol. The summed E-state index contributed by atoms with van der Waals surface area (Å²) in [5.74, 6) is 0.414. The Morgan fingerprint density at radius 3 is 2.76 bits per heavy atom. The molecule has 0 aliphatic carbocycles. The van der Waals surface area contributed by atoms with Gasteiger partial charge < -0.3 is 5.73 Å². The number of fused-ring (bicyclic) bond motifs is 2. The average Bonchev–Trinajstić information content (AvgIpc) is 3.31. The third kappa shape index (κ3) is 2.08. The number of aromatic amines is 1. The standard InChI is InChI=1S/C19H14N6/c20-18-19-21-8-9-25(19)17(16(23-18)12-4-2-1-3-5-12)13-6-7-15-14(10-13)11-22-24-15/h1-11H,(H2,20,23)(H,22,24). The van der Waals surface area contributed by atoms with Crippen molar-refractivity contribution in [1.29, 1.82) is 0 Å². The van der Waals surface area contributed by atoms with Crippen LogP contribution in [0, 0.1) is 0 Å². The zero-order chi connectivity index (χ0) is 16.8. The third-order valence-corrected chi connectivity index (χ3v) is 4.33. The number of nitrogens with zero attached hydrogens (tertiary/aromatic N) is 4. The number of benzene rings is 2. The highest BCUT2D eigenvalue weighted by molar-refractivity contribution is 5.89. The minimum atomic E-state index is 0.414. The zero-order valence-corrected chi connectivity index (χ0v) is 13.2. The number of hydrogen-bond donors (Lipinski definition) is 2. The van der Waals surface area contributed by atoms with Crippen LogP contribution in [0.3, 0.4) is 0 Å². The van der Waals surface area contributed by atoms with Gasteiger partial charge in [0.1, 0.15) is 0 Å². The minimum Gasteiger partial charge on any atom is -0.381 e. The molecule has 0 bridgehead atoms. The van der Waals surface area contributed by atoms with E-state index in [2.05, 4.69) is 32.3 Å². The van der Waals surface area contributed by atoms with Crippen molar-refractivity contribution in [3.8, 4) is 22.5 Å². The molecule has 25 heavy (non-hydrogen) atoms. The van der Waals surface area contributed by atoms with Crippen LogP contribution in [0.25, 0.3) is 39.1 Å². The van der Waals surface area contributed by atoms with Gasteiger partial charge in [-0.25, -0.2) is 9.97 Å². The predicted octanol–water partition coefficient (Wildman–Crippen LogP) is 3.52. The van der Waals surface area contributed by atoms with Gasteiger partial charge in [-0.3, -0.25) is 9.50 Å². The smallest absolute Gasteiger partial charge is 0.180 e. The molecule has 0 spiro atoms. The maximum absolute atomic E-state index is 6.15. The Morgan fingerprint density at radius 2 is 1.88 bits per heavy atom. The van der Waals surface area contributed by atoms with E-state index in [0.717, 1.165) is 33.4 Å². The van der Waals surface area contributed by atoms with Crippen LogP contribution in [0.4, 0.5) is 5.82 Å². The number of nitrogens with one attached hydrogen (secondary N) is 1. The number of rotatable bonds is 2. The monoisotopic (exact) mass is 326 g/mol. The molecule has 3 N–H and O–H groups in total. The summed E-state index contributed by atoms with van der Waals surface area (Å²) in [5, 5.41) is 8.13. The van der Waals surface area contributed by atoms with Crippen LogP contribution >= 0.6 is 0 Å². The molecule has 120 valence electrons. The van der Waals surface area contributed by atoms with Crippen LogP contribution < -0.4 is 5.73 Å². The summed E-state index contributed by atoms with van der Waals surface area (Å²) in [6.45, 7) is 0. The third-order valence-electron chi connectivity index (χ3n) is 4.33. The molecule has 2 aromatic carbocycles. The van der Waals surface area contributed by atoms with E-state index in [9.17, 15) is 0 Å². The van der Waals surface area contributed by atoms with Gasteiger partial charge in [-0.05, 0) is 12.1 Å². The second-order valence-electron chi connectivity index (χ2n) is 5.85. The quantitative estimate of drug-likeness (QED) is 0.520. The van der Waals surface area contributed by atoms with E-state index >= 15 is 0 Å². The Labute approximate surface area is 143 Å². The summed E-state index contributed by atoms with van der Waals surface area (Å²) in [7, 11) is 0. The molecule has 0 saturated heterocycles. The molecule has 5 aromatic rings. The van der Waals surface area contributed by atoms with Crippen LogP contribution in [0.2, 0.25) is 0 Å². The first-order valence-corrected chi connectivity index (χ1v) is 7.93. The molecular formula is C19H14N6. The van der Waals surface area contributed by atoms with Gasteiger partial charge >= 0.3 is 0 Å². The SMILES string of the molecule is Nc1nc(-c2ccccc2)c(-c2ccc3[nH]ncc3c2)n2ccnc12. The Morgan fingerprint density at radius 1 is 1.00 bits per heavy atom. The Hall–Kier alpha value is -3.67. The van der Waals surface area contributed by atoms with Gasteiger partial charge in [0.2, 0.25) is 0 Å². The largest absolute Gasteiger partial charge is 0.381 e. The lowest BCUT2D eigenvalue weighted by Gasteiger charge is -2.13. The molecule has 0 aliphatic heterocycles. The fraction of sp³-hybridized carbons (Fsp3) is 0. The molecule has 0 fully saturated rings. The molecule has 5 rings (SSSR count). The average molecular weight is 326 g/mol. The molecule has 3 aromatic heterocycles. The second kappa shape index (κ2) is 5.17. The first-order chi connectivity index (χ1) is 12.3. The molecule has 0 unspecified atom stereocenters. The van der Waals surface area contributed by atoms with Crippen LogP contribution in [0.5, 0.6) is 0 Å². The topological polar surface area (TPSA) is 84.9 Å². The predicted molar refractivity (Wildman–Crippen MR) is 97.9 cm³/mol. The van der Waals surface area contributed by atoms with Gasteiger partial charge in [0.25, 0.3) is 0 Å². The van der Waals surface area contributed by atoms with Gasteiger partial charge in [0, 0.05) is 28.9 Å². The molecule has 0 saturated carbocycles. The lowest BCUT2D eigenvalue weighted by atomic mass is 10.0. The number of imidazole rings is 1. The Kier molecular flexibility index (Phi) is 2.84. The molecule has 0 radical (unpaired) electrons. The number of H-pyrrole nitrogens is 1. The van der Waals surface area contributed by atoms with E-state index in [-0.39, 0.29) is 0 Å². The van der Waals surface area contributed by atoms with E-state index < -0.39 is 0 Å². The Balaban J connectivity index is 1.89. The van der Waals surface area contributed by atoms with E-state index in [0.29, 0.717) is 11.5 Å². The molecule has 0 amide bonds. The van der Waals surface area contributed by atoms with Crippen LogP contribution in [0.15, 0.2) is 67.1 Å². The highest BCUT2D eigenvalue weighted by Gasteiger charge is 2.17. The number of anilines is 1. The van der Waals surface area contributed by atoms with Gasteiger partial charge in [-0.2, -0.15) is 5.10 Å². The van der Waals surface area contributed by atoms with Gasteiger partial charge in [-0.1, -0.05) is 36.4 Å². The zero-order valence-electron chi connectivity index (χ0n) is 13.2. The van der Waals surface area contributed by atoms with Crippen molar-refractivity contribution in [1.82, 2.24) is 24.6 Å². The fourth-order valence-corrected chi connectivity index (χ4v) is 3.17. The van der Waals surface area contributed by atoms with Crippen molar-refractivity contribution in [2.75, 3.05) is 5.73 Å². The van der Waals surface area contributed by atoms with Crippen LogP contribution in [-0.4, -0.2) is 24.6 Å². The molecule has 0 atom stereocenters. The lowest BCUT2D eigenvalue weighted by molar-refractivity contribution is 1.12. The normalized spacial score (nSPS) is 11.4. The molecule has 6 heteroatoms. The minimum absolute atomic E-state index is 0.414. The van der Waals surface area contributed by atoms with Crippen molar-refractivity contribution in [3.63, 3.8) is 0 Å². The number of aromatic nitrogens is 5. The van der Waals surface area contributed by atoms with Crippen molar-refractivity contribution in [2.45, 2.75) is 0 Å². The van der Waals surface area contributed by atoms with Crippen LogP contribution in [0.1, 0.15) is 0 Å². The molecule has 0 aliphatic rings. The van der Waals surface area contributed by atoms with Crippen molar-refractivity contribution in [2.24, 2.45) is 0 Å². The maximum atomic E-state index is 6.15. The van der Waals surface area contributed by atoms with Gasteiger partial charge in [0.15, 0.2) is 11.5 Å². The lowest BCUT2D eigenvalue weighted by Crippen LogP contribution is -2.03. The summed E-state index contributed by atoms with van der Waals surface area (Å²) in [6, 6.07) is 16.2. The summed E-state index contributed by atoms with van der Waals surface area (Å²) in [5.41, 5.74) is 11.6. The van der Waals surface area contributed by atoms with Crippen molar-refractivity contribution in [3.05, 3.63) is 67.1 Å². The number of hydrogen-bond acceptors (Lipinski definition) is 4. The first-order valence-electron chi connectivity index (χ1n) is 7.93. The van der Waals surface area contributed by atoms with E-state index in [1.54, 1.807) is 6.20 Å². The highest BCUT2D eigenvalue weighted by Crippen LogP contribution is 2.34. The van der Waals surface area contributed by atoms with Gasteiger partial charge in [0.05, 0.1) is 23.1 Å². The number of nitrogens with two attached hydrogens (primary N) is 1. The van der Waals surface area contributed by atoms with Crippen LogP contribution in [-0.2, 0) is 0 Å². The van der Waals surface area contributed by atoms with Crippen molar-refractivity contribution < 1.29 is 0 Å². The van der Waals surface area contributed by atoms with Crippen molar-refractivity contribution >= 4 is 22.4 Å². The second-order valence-corrected chi connectivity index (χ2v) is 5.85. The maximum Gasteiger partial charge on any atom is 0.180 e. The summed E-state index contributed by atoms with van der Waals surface area (Å²) in [6.07, 6.45) is 5.47. The summed E-state index contributed by atoms with van der Waals surface area (Å²) in [4.78, 5) is 9.01. The Bertz CT molecular complexity index is 1200. The first kappa shape index (κ1) is 13.7.